The topological polar surface area (TPSA) is 99.6 Å². The number of hydrogen-bond acceptors (Lipinski definition) is 6. The van der Waals surface area contributed by atoms with E-state index in [1.54, 1.807) is 48.5 Å². The fourth-order valence-electron chi connectivity index (χ4n) is 3.87. The first-order valence-corrected chi connectivity index (χ1v) is 13.0. The molecule has 0 saturated carbocycles. The molecule has 0 spiro atoms. The second-order valence-corrected chi connectivity index (χ2v) is 10.0. The van der Waals surface area contributed by atoms with Gasteiger partial charge in [-0.05, 0) is 46.3 Å². The van der Waals surface area contributed by atoms with Crippen molar-refractivity contribution in [2.24, 2.45) is 5.10 Å². The van der Waals surface area contributed by atoms with Gasteiger partial charge in [-0.3, -0.25) is 14.9 Å². The van der Waals surface area contributed by atoms with Crippen LogP contribution in [0.1, 0.15) is 11.1 Å². The lowest BCUT2D eigenvalue weighted by atomic mass is 10.2. The summed E-state index contributed by atoms with van der Waals surface area (Å²) >= 11 is 15.5. The van der Waals surface area contributed by atoms with Gasteiger partial charge in [0.05, 0.1) is 26.5 Å². The summed E-state index contributed by atoms with van der Waals surface area (Å²) in [5.41, 5.74) is 1.55. The Hall–Kier alpha value is -4.05. The predicted molar refractivity (Wildman–Crippen MR) is 156 cm³/mol. The third kappa shape index (κ3) is 5.70. The third-order valence-corrected chi connectivity index (χ3v) is 6.91. The van der Waals surface area contributed by atoms with E-state index < -0.39 is 4.92 Å². The Morgan fingerprint density at radius 1 is 1.03 bits per heavy atom. The summed E-state index contributed by atoms with van der Waals surface area (Å²) in [5, 5.41) is 17.5. The molecular formula is C28H17BrCl2N4O4. The zero-order valence-corrected chi connectivity index (χ0v) is 23.0. The van der Waals surface area contributed by atoms with Gasteiger partial charge in [0.1, 0.15) is 6.61 Å². The first-order valence-electron chi connectivity index (χ1n) is 11.5. The molecule has 5 rings (SSSR count). The highest BCUT2D eigenvalue weighted by atomic mass is 79.9. The Bertz CT molecular complexity index is 1810. The van der Waals surface area contributed by atoms with Crippen LogP contribution in [0, 0.1) is 10.1 Å². The molecule has 0 radical (unpaired) electrons. The lowest BCUT2D eigenvalue weighted by molar-refractivity contribution is -0.386. The molecule has 0 aliphatic heterocycles. The Morgan fingerprint density at radius 3 is 2.51 bits per heavy atom. The SMILES string of the molecule is O=c1c2ccccc2nc(-c2ccccc2)n1N=Cc1cc(Br)c(OCc2ccc(Cl)cc2Cl)c([N+](=O)[O-])c1. The first-order chi connectivity index (χ1) is 18.8. The van der Waals surface area contributed by atoms with E-state index in [1.807, 2.05) is 30.3 Å². The van der Waals surface area contributed by atoms with Crippen molar-refractivity contribution in [2.45, 2.75) is 6.61 Å². The number of nitro benzene ring substituents is 1. The molecule has 0 atom stereocenters. The van der Waals surface area contributed by atoms with Gasteiger partial charge in [-0.1, -0.05) is 71.7 Å². The highest BCUT2D eigenvalue weighted by Gasteiger charge is 2.21. The van der Waals surface area contributed by atoms with Crippen LogP contribution in [0.5, 0.6) is 5.75 Å². The Morgan fingerprint density at radius 2 is 1.77 bits per heavy atom. The van der Waals surface area contributed by atoms with E-state index in [0.717, 1.165) is 0 Å². The molecule has 5 aromatic rings. The van der Waals surface area contributed by atoms with Crippen LogP contribution in [0.2, 0.25) is 10.0 Å². The van der Waals surface area contributed by atoms with Gasteiger partial charge in [-0.25, -0.2) is 4.98 Å². The lowest BCUT2D eigenvalue weighted by Crippen LogP contribution is -2.20. The highest BCUT2D eigenvalue weighted by Crippen LogP contribution is 2.37. The highest BCUT2D eigenvalue weighted by molar-refractivity contribution is 9.10. The number of halogens is 3. The minimum absolute atomic E-state index is 0.0124. The van der Waals surface area contributed by atoms with Gasteiger partial charge in [0, 0.05) is 32.8 Å². The van der Waals surface area contributed by atoms with E-state index in [-0.39, 0.29) is 23.6 Å². The summed E-state index contributed by atoms with van der Waals surface area (Å²) in [5.74, 6) is 0.363. The summed E-state index contributed by atoms with van der Waals surface area (Å²) in [6.07, 6.45) is 1.36. The zero-order valence-electron chi connectivity index (χ0n) is 19.9. The smallest absolute Gasteiger partial charge is 0.312 e. The van der Waals surface area contributed by atoms with Crippen LogP contribution < -0.4 is 10.3 Å². The van der Waals surface area contributed by atoms with E-state index >= 15 is 0 Å². The van der Waals surface area contributed by atoms with Crippen LogP contribution in [0.4, 0.5) is 5.69 Å². The van der Waals surface area contributed by atoms with Crippen LogP contribution >= 0.6 is 39.1 Å². The number of aromatic nitrogens is 2. The van der Waals surface area contributed by atoms with Crippen LogP contribution in [-0.2, 0) is 6.61 Å². The molecule has 0 saturated heterocycles. The minimum Gasteiger partial charge on any atom is -0.481 e. The maximum atomic E-state index is 13.4. The van der Waals surface area contributed by atoms with E-state index in [0.29, 0.717) is 47.9 Å². The van der Waals surface area contributed by atoms with Gasteiger partial charge in [0.2, 0.25) is 5.75 Å². The van der Waals surface area contributed by atoms with E-state index in [2.05, 4.69) is 26.0 Å². The summed E-state index contributed by atoms with van der Waals surface area (Å²) < 4.78 is 7.29. The fraction of sp³-hybridized carbons (Fsp3) is 0.0357. The molecule has 0 unspecified atom stereocenters. The molecule has 4 aromatic carbocycles. The number of nitrogens with zero attached hydrogens (tertiary/aromatic N) is 4. The maximum absolute atomic E-state index is 13.4. The maximum Gasteiger partial charge on any atom is 0.312 e. The van der Waals surface area contributed by atoms with Gasteiger partial charge in [0.25, 0.3) is 5.56 Å². The van der Waals surface area contributed by atoms with Crippen LogP contribution in [0.15, 0.2) is 99.3 Å². The van der Waals surface area contributed by atoms with Gasteiger partial charge in [0.15, 0.2) is 5.82 Å². The summed E-state index contributed by atoms with van der Waals surface area (Å²) in [7, 11) is 0. The number of benzene rings is 4. The number of nitro groups is 1. The van der Waals surface area contributed by atoms with E-state index in [9.17, 15) is 14.9 Å². The van der Waals surface area contributed by atoms with E-state index in [1.165, 1.54) is 17.0 Å². The van der Waals surface area contributed by atoms with Gasteiger partial charge < -0.3 is 4.74 Å². The summed E-state index contributed by atoms with van der Waals surface area (Å²) in [4.78, 5) is 29.4. The van der Waals surface area contributed by atoms with Crippen molar-refractivity contribution >= 4 is 61.9 Å². The number of hydrogen-bond donors (Lipinski definition) is 0. The van der Waals surface area contributed by atoms with Crippen LogP contribution in [-0.4, -0.2) is 20.8 Å². The molecule has 1 aromatic heterocycles. The predicted octanol–water partition coefficient (Wildman–Crippen LogP) is 7.50. The normalized spacial score (nSPS) is 11.3. The molecule has 0 amide bonds. The quantitative estimate of drug-likeness (QED) is 0.106. The standard InChI is InChI=1S/C28H17BrCl2N4O4/c29-22-12-17(13-25(35(37)38)26(22)39-16-19-10-11-20(30)14-23(19)31)15-32-34-27(18-6-2-1-3-7-18)33-24-9-5-4-8-21(24)28(34)36/h1-15H,16H2. The molecule has 11 heteroatoms. The van der Waals surface area contributed by atoms with Crippen molar-refractivity contribution < 1.29 is 9.66 Å². The number of para-hydroxylation sites is 1. The minimum atomic E-state index is -0.556. The summed E-state index contributed by atoms with van der Waals surface area (Å²) in [6.45, 7) is -0.0124. The number of rotatable bonds is 7. The summed E-state index contributed by atoms with van der Waals surface area (Å²) in [6, 6.07) is 24.0. The Balaban J connectivity index is 1.54. The van der Waals surface area contributed by atoms with Crippen molar-refractivity contribution in [1.29, 1.82) is 0 Å². The van der Waals surface area contributed by atoms with Crippen molar-refractivity contribution in [3.05, 3.63) is 131 Å². The lowest BCUT2D eigenvalue weighted by Gasteiger charge is -2.11. The molecule has 1 heterocycles. The van der Waals surface area contributed by atoms with Crippen molar-refractivity contribution in [3.8, 4) is 17.1 Å². The molecule has 194 valence electrons. The molecule has 0 bridgehead atoms. The Labute approximate surface area is 240 Å². The van der Waals surface area contributed by atoms with Crippen LogP contribution in [0.25, 0.3) is 22.3 Å². The molecule has 8 nitrogen and oxygen atoms in total. The molecule has 0 N–H and O–H groups in total. The molecule has 39 heavy (non-hydrogen) atoms. The number of ether oxygens (including phenoxy) is 1. The van der Waals surface area contributed by atoms with E-state index in [4.69, 9.17) is 27.9 Å². The average molecular weight is 624 g/mol. The van der Waals surface area contributed by atoms with Crippen molar-refractivity contribution in [2.75, 3.05) is 0 Å². The van der Waals surface area contributed by atoms with Gasteiger partial charge in [-0.15, -0.1) is 0 Å². The molecule has 0 aliphatic rings. The fourth-order valence-corrected chi connectivity index (χ4v) is 4.92. The molecule has 0 aliphatic carbocycles. The first kappa shape index (κ1) is 26.6. The van der Waals surface area contributed by atoms with Crippen molar-refractivity contribution in [1.82, 2.24) is 9.66 Å². The van der Waals surface area contributed by atoms with Crippen LogP contribution in [0.3, 0.4) is 0 Å². The second-order valence-electron chi connectivity index (χ2n) is 8.31. The largest absolute Gasteiger partial charge is 0.481 e. The third-order valence-electron chi connectivity index (χ3n) is 5.74. The zero-order chi connectivity index (χ0) is 27.5. The average Bonchev–Trinajstić information content (AvgIpc) is 2.93. The van der Waals surface area contributed by atoms with Gasteiger partial charge in [-0.2, -0.15) is 9.78 Å². The molecule has 0 fully saturated rings. The second kappa shape index (κ2) is 11.4. The van der Waals surface area contributed by atoms with Crippen molar-refractivity contribution in [3.63, 3.8) is 0 Å². The Kier molecular flexibility index (Phi) is 7.74. The monoisotopic (exact) mass is 622 g/mol. The van der Waals surface area contributed by atoms with Gasteiger partial charge >= 0.3 is 5.69 Å². The number of fused-ring (bicyclic) bond motifs is 1. The molecular weight excluding hydrogens is 607 g/mol.